The summed E-state index contributed by atoms with van der Waals surface area (Å²) in [5.74, 6) is -3.39. The lowest BCUT2D eigenvalue weighted by atomic mass is 10.1. The van der Waals surface area contributed by atoms with E-state index in [0.29, 0.717) is 12.8 Å². The van der Waals surface area contributed by atoms with Crippen molar-refractivity contribution in [2.45, 2.75) is 31.9 Å². The fraction of sp³-hybridized carbons (Fsp3) is 0.357. The number of hydrogen-bond acceptors (Lipinski definition) is 4. The lowest BCUT2D eigenvalue weighted by Crippen LogP contribution is -2.27. The quantitative estimate of drug-likeness (QED) is 0.851. The normalized spacial score (nSPS) is 13.1. The van der Waals surface area contributed by atoms with Gasteiger partial charge in [-0.3, -0.25) is 4.79 Å². The molecule has 1 atom stereocenters. The predicted molar refractivity (Wildman–Crippen MR) is 67.6 cm³/mol. The molecule has 1 heterocycles. The number of Topliss-reactive ketones (excluding diaryl/α,β-unsaturated/α-hetero) is 1. The first kappa shape index (κ1) is 15.2. The molecule has 0 aliphatic rings. The molecule has 0 aliphatic heterocycles. The van der Waals surface area contributed by atoms with Crippen LogP contribution in [-0.2, 0) is 17.6 Å². The number of aryl methyl sites for hydroxylation is 2. The highest BCUT2D eigenvalue weighted by molar-refractivity contribution is 5.89. The van der Waals surface area contributed by atoms with Gasteiger partial charge in [0, 0.05) is 6.42 Å². The van der Waals surface area contributed by atoms with Gasteiger partial charge in [0.2, 0.25) is 11.7 Å². The van der Waals surface area contributed by atoms with Crippen LogP contribution in [0.1, 0.15) is 30.1 Å². The highest BCUT2D eigenvalue weighted by Gasteiger charge is 2.43. The summed E-state index contributed by atoms with van der Waals surface area (Å²) in [6.07, 6.45) is -3.83. The van der Waals surface area contributed by atoms with E-state index in [9.17, 15) is 18.0 Å². The van der Waals surface area contributed by atoms with Crippen molar-refractivity contribution >= 4 is 5.78 Å². The highest BCUT2D eigenvalue weighted by atomic mass is 19.4. The number of rotatable bonds is 5. The smallest absolute Gasteiger partial charge is 0.339 e. The Labute approximate surface area is 119 Å². The van der Waals surface area contributed by atoms with Crippen molar-refractivity contribution in [1.82, 2.24) is 10.1 Å². The molecule has 0 radical (unpaired) electrons. The molecule has 0 amide bonds. The van der Waals surface area contributed by atoms with Crippen LogP contribution in [0, 0.1) is 0 Å². The summed E-state index contributed by atoms with van der Waals surface area (Å²) in [6, 6.07) is 9.52. The van der Waals surface area contributed by atoms with Crippen LogP contribution in [0.4, 0.5) is 13.2 Å². The van der Waals surface area contributed by atoms with E-state index in [0.717, 1.165) is 12.5 Å². The number of carbonyl (C=O) groups excluding carboxylic acids is 1. The van der Waals surface area contributed by atoms with Crippen LogP contribution in [0.25, 0.3) is 0 Å². The van der Waals surface area contributed by atoms with E-state index in [4.69, 9.17) is 4.52 Å². The van der Waals surface area contributed by atoms with Gasteiger partial charge in [0.1, 0.15) is 5.92 Å². The van der Waals surface area contributed by atoms with Gasteiger partial charge in [0.25, 0.3) is 0 Å². The first-order valence-corrected chi connectivity index (χ1v) is 6.35. The van der Waals surface area contributed by atoms with E-state index < -0.39 is 17.9 Å². The lowest BCUT2D eigenvalue weighted by Gasteiger charge is -2.08. The average Bonchev–Trinajstić information content (AvgIpc) is 2.92. The molecule has 1 aromatic carbocycles. The van der Waals surface area contributed by atoms with Crippen molar-refractivity contribution < 1.29 is 22.5 Å². The minimum absolute atomic E-state index is 0.288. The molecule has 0 saturated heterocycles. The van der Waals surface area contributed by atoms with Crippen LogP contribution in [-0.4, -0.2) is 22.1 Å². The molecule has 2 rings (SSSR count). The fourth-order valence-electron chi connectivity index (χ4n) is 1.80. The summed E-state index contributed by atoms with van der Waals surface area (Å²) in [5, 5.41) is 3.61. The number of hydrogen-bond donors (Lipinski definition) is 0. The van der Waals surface area contributed by atoms with Gasteiger partial charge in [0.15, 0.2) is 5.82 Å². The monoisotopic (exact) mass is 298 g/mol. The van der Waals surface area contributed by atoms with Crippen LogP contribution in [0.3, 0.4) is 0 Å². The number of aromatic nitrogens is 2. The van der Waals surface area contributed by atoms with Gasteiger partial charge >= 0.3 is 6.18 Å². The van der Waals surface area contributed by atoms with E-state index in [2.05, 4.69) is 10.1 Å². The molecule has 1 unspecified atom stereocenters. The third kappa shape index (κ3) is 3.90. The molecule has 2 aromatic rings. The zero-order valence-corrected chi connectivity index (χ0v) is 11.2. The number of nitrogens with zero attached hydrogens (tertiary/aromatic N) is 2. The molecule has 1 aromatic heterocycles. The predicted octanol–water partition coefficient (Wildman–Crippen LogP) is 3.09. The van der Waals surface area contributed by atoms with Crippen molar-refractivity contribution in [3.05, 3.63) is 47.6 Å². The maximum atomic E-state index is 12.3. The van der Waals surface area contributed by atoms with E-state index >= 15 is 0 Å². The zero-order chi connectivity index (χ0) is 15.5. The first-order chi connectivity index (χ1) is 9.88. The van der Waals surface area contributed by atoms with E-state index in [1.165, 1.54) is 0 Å². The lowest BCUT2D eigenvalue weighted by molar-refractivity contribution is -0.172. The van der Waals surface area contributed by atoms with E-state index in [1.807, 2.05) is 30.3 Å². The van der Waals surface area contributed by atoms with Crippen LogP contribution < -0.4 is 0 Å². The van der Waals surface area contributed by atoms with Crippen molar-refractivity contribution in [2.75, 3.05) is 0 Å². The molecule has 112 valence electrons. The number of ketones is 1. The highest BCUT2D eigenvalue weighted by Crippen LogP contribution is 2.26. The minimum Gasteiger partial charge on any atom is -0.339 e. The maximum Gasteiger partial charge on any atom is 0.450 e. The fourth-order valence-corrected chi connectivity index (χ4v) is 1.80. The molecule has 0 fully saturated rings. The van der Waals surface area contributed by atoms with E-state index in [-0.39, 0.29) is 11.7 Å². The first-order valence-electron chi connectivity index (χ1n) is 6.35. The second-order valence-corrected chi connectivity index (χ2v) is 4.62. The van der Waals surface area contributed by atoms with E-state index in [1.54, 1.807) is 0 Å². The Morgan fingerprint density at radius 1 is 1.24 bits per heavy atom. The summed E-state index contributed by atoms with van der Waals surface area (Å²) in [4.78, 5) is 15.0. The van der Waals surface area contributed by atoms with Gasteiger partial charge in [-0.25, -0.2) is 0 Å². The molecular weight excluding hydrogens is 285 g/mol. The molecule has 0 spiro atoms. The molecule has 21 heavy (non-hydrogen) atoms. The molecule has 0 bridgehead atoms. The van der Waals surface area contributed by atoms with Crippen molar-refractivity contribution in [2.24, 2.45) is 0 Å². The Morgan fingerprint density at radius 2 is 1.90 bits per heavy atom. The van der Waals surface area contributed by atoms with Crippen LogP contribution in [0.2, 0.25) is 0 Å². The molecule has 0 N–H and O–H groups in total. The average molecular weight is 298 g/mol. The Balaban J connectivity index is 2.00. The third-order valence-corrected chi connectivity index (χ3v) is 3.01. The topological polar surface area (TPSA) is 56.0 Å². The number of benzene rings is 1. The van der Waals surface area contributed by atoms with Crippen LogP contribution in [0.15, 0.2) is 34.9 Å². The van der Waals surface area contributed by atoms with Crippen LogP contribution >= 0.6 is 0 Å². The molecule has 0 aliphatic carbocycles. The van der Waals surface area contributed by atoms with Gasteiger partial charge in [-0.2, -0.15) is 18.2 Å². The second-order valence-electron chi connectivity index (χ2n) is 4.62. The minimum atomic E-state index is -4.90. The van der Waals surface area contributed by atoms with Gasteiger partial charge in [-0.15, -0.1) is 0 Å². The Kier molecular flexibility index (Phi) is 4.40. The van der Waals surface area contributed by atoms with Crippen molar-refractivity contribution in [3.63, 3.8) is 0 Å². The summed E-state index contributed by atoms with van der Waals surface area (Å²) >= 11 is 0. The van der Waals surface area contributed by atoms with Crippen molar-refractivity contribution in [1.29, 1.82) is 0 Å². The molecule has 4 nitrogen and oxygen atoms in total. The molecule has 7 heteroatoms. The van der Waals surface area contributed by atoms with Gasteiger partial charge in [-0.05, 0) is 18.9 Å². The van der Waals surface area contributed by atoms with Gasteiger partial charge in [-0.1, -0.05) is 35.5 Å². The van der Waals surface area contributed by atoms with Gasteiger partial charge < -0.3 is 4.52 Å². The number of halogens is 3. The molecular formula is C14H13F3N2O2. The number of alkyl halides is 3. The van der Waals surface area contributed by atoms with Crippen LogP contribution in [0.5, 0.6) is 0 Å². The summed E-state index contributed by atoms with van der Waals surface area (Å²) in [7, 11) is 0. The largest absolute Gasteiger partial charge is 0.450 e. The molecule has 0 saturated carbocycles. The van der Waals surface area contributed by atoms with Crippen molar-refractivity contribution in [3.8, 4) is 0 Å². The summed E-state index contributed by atoms with van der Waals surface area (Å²) < 4.78 is 41.7. The van der Waals surface area contributed by atoms with Gasteiger partial charge in [0.05, 0.1) is 0 Å². The number of carbonyl (C=O) groups is 1. The Morgan fingerprint density at radius 3 is 2.52 bits per heavy atom. The Hall–Kier alpha value is -2.18. The standard InChI is InChI=1S/C14H13F3N2O2/c1-9(12(20)14(15,16)17)13-18-11(19-21-13)8-7-10-5-3-2-4-6-10/h2-6,9H,7-8H2,1H3. The Bertz CT molecular complexity index is 608. The SMILES string of the molecule is CC(C(=O)C(F)(F)F)c1nc(CCc2ccccc2)no1. The maximum absolute atomic E-state index is 12.3. The summed E-state index contributed by atoms with van der Waals surface area (Å²) in [6.45, 7) is 1.10. The second kappa shape index (κ2) is 6.07. The third-order valence-electron chi connectivity index (χ3n) is 3.01. The summed E-state index contributed by atoms with van der Waals surface area (Å²) in [5.41, 5.74) is 1.06. The zero-order valence-electron chi connectivity index (χ0n) is 11.2.